The molecule has 0 radical (unpaired) electrons. The number of rotatable bonds is 3. The van der Waals surface area contributed by atoms with Crippen molar-refractivity contribution in [1.29, 1.82) is 0 Å². The van der Waals surface area contributed by atoms with Gasteiger partial charge in [-0.1, -0.05) is 28.9 Å². The Labute approximate surface area is 108 Å². The second kappa shape index (κ2) is 4.68. The van der Waals surface area contributed by atoms with Gasteiger partial charge in [0.15, 0.2) is 0 Å². The van der Waals surface area contributed by atoms with Crippen molar-refractivity contribution in [3.8, 4) is 0 Å². The molecule has 1 aromatic carbocycles. The number of carbonyl (C=O) groups excluding carboxylic acids is 1. The maximum absolute atomic E-state index is 11.3. The average Bonchev–Trinajstić information content (AvgIpc) is 2.73. The van der Waals surface area contributed by atoms with Crippen LogP contribution in [0.3, 0.4) is 0 Å². The van der Waals surface area contributed by atoms with Gasteiger partial charge in [-0.15, -0.1) is 11.3 Å². The first-order valence-corrected chi connectivity index (χ1v) is 7.01. The van der Waals surface area contributed by atoms with Crippen LogP contribution in [0.1, 0.15) is 25.3 Å². The summed E-state index contributed by atoms with van der Waals surface area (Å²) in [6.45, 7) is 3.70. The quantitative estimate of drug-likeness (QED) is 0.769. The van der Waals surface area contributed by atoms with Gasteiger partial charge in [0.2, 0.25) is 0 Å². The van der Waals surface area contributed by atoms with Gasteiger partial charge < -0.3 is 0 Å². The molecule has 2 rings (SSSR count). The molecule has 1 nitrogen and oxygen atoms in total. The molecule has 0 saturated heterocycles. The van der Waals surface area contributed by atoms with E-state index in [1.807, 2.05) is 0 Å². The SMILES string of the molecule is CC(=O)C(Br)C(C)c1ccc2sccc2c1. The van der Waals surface area contributed by atoms with Crippen molar-refractivity contribution in [2.45, 2.75) is 24.6 Å². The van der Waals surface area contributed by atoms with Gasteiger partial charge in [-0.2, -0.15) is 0 Å². The minimum atomic E-state index is -0.0939. The van der Waals surface area contributed by atoms with E-state index in [1.165, 1.54) is 15.6 Å². The molecule has 0 bridgehead atoms. The lowest BCUT2D eigenvalue weighted by molar-refractivity contribution is -0.116. The highest BCUT2D eigenvalue weighted by molar-refractivity contribution is 9.10. The number of alkyl halides is 1. The zero-order chi connectivity index (χ0) is 11.7. The molecule has 0 amide bonds. The number of benzene rings is 1. The number of halogens is 1. The van der Waals surface area contributed by atoms with Crippen LogP contribution >= 0.6 is 27.3 Å². The first-order chi connectivity index (χ1) is 7.59. The summed E-state index contributed by atoms with van der Waals surface area (Å²) in [5.74, 6) is 0.389. The summed E-state index contributed by atoms with van der Waals surface area (Å²) < 4.78 is 1.30. The Kier molecular flexibility index (Phi) is 3.45. The van der Waals surface area contributed by atoms with E-state index in [9.17, 15) is 4.79 Å². The minimum Gasteiger partial charge on any atom is -0.299 e. The van der Waals surface area contributed by atoms with E-state index in [0.29, 0.717) is 0 Å². The highest BCUT2D eigenvalue weighted by Crippen LogP contribution is 2.29. The molecule has 0 saturated carbocycles. The van der Waals surface area contributed by atoms with Crippen LogP contribution in [0.25, 0.3) is 10.1 Å². The number of fused-ring (bicyclic) bond motifs is 1. The monoisotopic (exact) mass is 296 g/mol. The second-order valence-electron chi connectivity index (χ2n) is 4.02. The van der Waals surface area contributed by atoms with Crippen LogP contribution in [-0.2, 0) is 4.79 Å². The molecule has 0 fully saturated rings. The Morgan fingerprint density at radius 2 is 2.12 bits per heavy atom. The molecule has 2 atom stereocenters. The molecule has 0 N–H and O–H groups in total. The summed E-state index contributed by atoms with van der Waals surface area (Å²) >= 11 is 5.20. The maximum atomic E-state index is 11.3. The second-order valence-corrected chi connectivity index (χ2v) is 5.95. The molecular formula is C13H13BrOS. The largest absolute Gasteiger partial charge is 0.299 e. The van der Waals surface area contributed by atoms with E-state index in [1.54, 1.807) is 18.3 Å². The molecule has 0 aliphatic heterocycles. The summed E-state index contributed by atoms with van der Waals surface area (Å²) in [4.78, 5) is 11.2. The van der Waals surface area contributed by atoms with Crippen LogP contribution in [0.4, 0.5) is 0 Å². The highest BCUT2D eigenvalue weighted by Gasteiger charge is 2.20. The van der Waals surface area contributed by atoms with Gasteiger partial charge in [0, 0.05) is 10.6 Å². The van der Waals surface area contributed by atoms with E-state index in [0.717, 1.165) is 0 Å². The summed E-state index contributed by atoms with van der Waals surface area (Å²) in [7, 11) is 0. The van der Waals surface area contributed by atoms with E-state index in [4.69, 9.17) is 0 Å². The number of carbonyl (C=O) groups is 1. The predicted octanol–water partition coefficient (Wildman–Crippen LogP) is 4.36. The fourth-order valence-corrected chi connectivity index (χ4v) is 2.87. The smallest absolute Gasteiger partial charge is 0.144 e. The van der Waals surface area contributed by atoms with Crippen molar-refractivity contribution < 1.29 is 4.79 Å². The Hall–Kier alpha value is -0.670. The minimum absolute atomic E-state index is 0.0939. The third-order valence-corrected chi connectivity index (χ3v) is 5.17. The predicted molar refractivity (Wildman–Crippen MR) is 73.6 cm³/mol. The van der Waals surface area contributed by atoms with Gasteiger partial charge in [-0.05, 0) is 41.5 Å². The van der Waals surface area contributed by atoms with Crippen LogP contribution in [0, 0.1) is 0 Å². The van der Waals surface area contributed by atoms with Crippen LogP contribution in [0.5, 0.6) is 0 Å². The Bertz CT molecular complexity index is 517. The van der Waals surface area contributed by atoms with Crippen LogP contribution < -0.4 is 0 Å². The molecule has 3 heteroatoms. The third kappa shape index (κ3) is 2.20. The van der Waals surface area contributed by atoms with E-state index >= 15 is 0 Å². The fraction of sp³-hybridized carbons (Fsp3) is 0.308. The first kappa shape index (κ1) is 11.8. The molecule has 0 spiro atoms. The number of Topliss-reactive ketones (excluding diaryl/α,β-unsaturated/α-hetero) is 1. The van der Waals surface area contributed by atoms with Crippen LogP contribution in [-0.4, -0.2) is 10.6 Å². The van der Waals surface area contributed by atoms with E-state index in [2.05, 4.69) is 52.5 Å². The maximum Gasteiger partial charge on any atom is 0.144 e. The molecule has 0 aliphatic rings. The normalized spacial score (nSPS) is 14.9. The zero-order valence-electron chi connectivity index (χ0n) is 9.24. The number of ketones is 1. The first-order valence-electron chi connectivity index (χ1n) is 5.21. The van der Waals surface area contributed by atoms with Gasteiger partial charge in [0.25, 0.3) is 0 Å². The molecule has 2 aromatic rings. The summed E-state index contributed by atoms with van der Waals surface area (Å²) in [5.41, 5.74) is 1.21. The Balaban J connectivity index is 2.35. The molecule has 84 valence electrons. The lowest BCUT2D eigenvalue weighted by atomic mass is 9.95. The van der Waals surface area contributed by atoms with Crippen molar-refractivity contribution in [1.82, 2.24) is 0 Å². The third-order valence-electron chi connectivity index (χ3n) is 2.83. The van der Waals surface area contributed by atoms with Gasteiger partial charge in [-0.25, -0.2) is 0 Å². The summed E-state index contributed by atoms with van der Waals surface area (Å²) in [6, 6.07) is 8.54. The van der Waals surface area contributed by atoms with Crippen molar-refractivity contribution in [2.75, 3.05) is 0 Å². The Morgan fingerprint density at radius 1 is 1.38 bits per heavy atom. The molecule has 1 aromatic heterocycles. The molecular weight excluding hydrogens is 284 g/mol. The zero-order valence-corrected chi connectivity index (χ0v) is 11.6. The standard InChI is InChI=1S/C13H13BrOS/c1-8(13(14)9(2)15)10-3-4-12-11(7-10)5-6-16-12/h3-8,13H,1-2H3. The molecule has 2 unspecified atom stereocenters. The van der Waals surface area contributed by atoms with Gasteiger partial charge >= 0.3 is 0 Å². The van der Waals surface area contributed by atoms with E-state index < -0.39 is 0 Å². The lowest BCUT2D eigenvalue weighted by Gasteiger charge is -2.16. The lowest BCUT2D eigenvalue weighted by Crippen LogP contribution is -2.17. The average molecular weight is 297 g/mol. The topological polar surface area (TPSA) is 17.1 Å². The summed E-state index contributed by atoms with van der Waals surface area (Å²) in [5, 5.41) is 3.35. The van der Waals surface area contributed by atoms with Crippen molar-refractivity contribution >= 4 is 43.1 Å². The number of hydrogen-bond acceptors (Lipinski definition) is 2. The van der Waals surface area contributed by atoms with E-state index in [-0.39, 0.29) is 16.5 Å². The molecule has 16 heavy (non-hydrogen) atoms. The van der Waals surface area contributed by atoms with Gasteiger partial charge in [0.1, 0.15) is 5.78 Å². The molecule has 0 aliphatic carbocycles. The molecule has 1 heterocycles. The van der Waals surface area contributed by atoms with Gasteiger partial charge in [-0.3, -0.25) is 4.79 Å². The highest BCUT2D eigenvalue weighted by atomic mass is 79.9. The van der Waals surface area contributed by atoms with Gasteiger partial charge in [0.05, 0.1) is 4.83 Å². The number of thiophene rings is 1. The Morgan fingerprint density at radius 3 is 2.81 bits per heavy atom. The van der Waals surface area contributed by atoms with Crippen molar-refractivity contribution in [3.63, 3.8) is 0 Å². The van der Waals surface area contributed by atoms with Crippen molar-refractivity contribution in [2.24, 2.45) is 0 Å². The van der Waals surface area contributed by atoms with Crippen LogP contribution in [0.15, 0.2) is 29.6 Å². The summed E-state index contributed by atoms with van der Waals surface area (Å²) in [6.07, 6.45) is 0. The van der Waals surface area contributed by atoms with Crippen LogP contribution in [0.2, 0.25) is 0 Å². The number of hydrogen-bond donors (Lipinski definition) is 0. The fourth-order valence-electron chi connectivity index (χ4n) is 1.79. The van der Waals surface area contributed by atoms with Crippen molar-refractivity contribution in [3.05, 3.63) is 35.2 Å².